The lowest BCUT2D eigenvalue weighted by molar-refractivity contribution is -0.870. The summed E-state index contributed by atoms with van der Waals surface area (Å²) in [6.07, 6.45) is 53.3. The predicted octanol–water partition coefficient (Wildman–Crippen LogP) is 14.5. The number of allylic oxidation sites excluding steroid dienone is 9. The number of nitrogens with one attached hydrogen (secondary N) is 1. The third-order valence-corrected chi connectivity index (χ3v) is 12.2. The highest BCUT2D eigenvalue weighted by Gasteiger charge is 2.27. The number of phosphoric ester groups is 1. The SMILES string of the molecule is CC/C=C/C=C/C=C\CCCCCCCC(=O)OC(/C=C/CCCCCCCCCCC)C(COP(=O)([O-])OCC[N+](C)(C)C)NC(=O)CCCCC/C=C\CCCCCCCCC. The van der Waals surface area contributed by atoms with E-state index < -0.39 is 26.6 Å². The van der Waals surface area contributed by atoms with E-state index in [1.54, 1.807) is 0 Å². The fourth-order valence-corrected chi connectivity index (χ4v) is 7.88. The first kappa shape index (κ1) is 61.7. The zero-order chi connectivity index (χ0) is 47.3. The van der Waals surface area contributed by atoms with Crippen LogP contribution in [0.3, 0.4) is 0 Å². The van der Waals surface area contributed by atoms with Gasteiger partial charge in [-0.25, -0.2) is 0 Å². The maximum absolute atomic E-state index is 13.4. The summed E-state index contributed by atoms with van der Waals surface area (Å²) in [6.45, 7) is 6.65. The summed E-state index contributed by atoms with van der Waals surface area (Å²) in [5, 5.41) is 2.99. The average Bonchev–Trinajstić information content (AvgIpc) is 3.25. The number of carbonyl (C=O) groups is 2. The molecule has 0 fully saturated rings. The number of esters is 1. The summed E-state index contributed by atoms with van der Waals surface area (Å²) in [4.78, 5) is 39.6. The molecule has 0 radical (unpaired) electrons. The first-order valence-corrected chi connectivity index (χ1v) is 27.6. The number of quaternary nitrogens is 1. The van der Waals surface area contributed by atoms with Crippen molar-refractivity contribution in [1.29, 1.82) is 0 Å². The molecule has 0 aliphatic rings. The van der Waals surface area contributed by atoms with Crippen LogP contribution in [0.15, 0.2) is 60.8 Å². The van der Waals surface area contributed by atoms with Gasteiger partial charge >= 0.3 is 5.97 Å². The van der Waals surface area contributed by atoms with Crippen LogP contribution in [0.2, 0.25) is 0 Å². The zero-order valence-electron chi connectivity index (χ0n) is 42.2. The van der Waals surface area contributed by atoms with Crippen LogP contribution in [-0.2, 0) is 27.9 Å². The predicted molar refractivity (Wildman–Crippen MR) is 270 cm³/mol. The molecule has 0 spiro atoms. The van der Waals surface area contributed by atoms with Crippen LogP contribution in [0.25, 0.3) is 0 Å². The second-order valence-electron chi connectivity index (χ2n) is 18.7. The van der Waals surface area contributed by atoms with E-state index >= 15 is 0 Å². The van der Waals surface area contributed by atoms with Gasteiger partial charge in [0.15, 0.2) is 0 Å². The van der Waals surface area contributed by atoms with Gasteiger partial charge in [-0.15, -0.1) is 0 Å². The Bertz CT molecular complexity index is 1290. The summed E-state index contributed by atoms with van der Waals surface area (Å²) >= 11 is 0. The number of unbranched alkanes of at least 4 members (excludes halogenated alkanes) is 24. The van der Waals surface area contributed by atoms with E-state index in [4.69, 9.17) is 13.8 Å². The maximum Gasteiger partial charge on any atom is 0.306 e. The van der Waals surface area contributed by atoms with Crippen molar-refractivity contribution in [2.75, 3.05) is 40.9 Å². The van der Waals surface area contributed by atoms with Crippen LogP contribution < -0.4 is 10.2 Å². The summed E-state index contributed by atoms with van der Waals surface area (Å²) in [6, 6.07) is -0.903. The van der Waals surface area contributed by atoms with E-state index in [1.807, 2.05) is 39.4 Å². The van der Waals surface area contributed by atoms with Gasteiger partial charge in [-0.2, -0.15) is 0 Å². The summed E-state index contributed by atoms with van der Waals surface area (Å²) < 4.78 is 30.1. The molecule has 0 saturated carbocycles. The number of hydrogen-bond acceptors (Lipinski definition) is 7. The maximum atomic E-state index is 13.4. The smallest absolute Gasteiger partial charge is 0.306 e. The highest BCUT2D eigenvalue weighted by Crippen LogP contribution is 2.38. The van der Waals surface area contributed by atoms with E-state index in [0.717, 1.165) is 83.5 Å². The molecule has 0 saturated heterocycles. The molecule has 9 nitrogen and oxygen atoms in total. The van der Waals surface area contributed by atoms with E-state index in [0.29, 0.717) is 30.3 Å². The molecule has 10 heteroatoms. The van der Waals surface area contributed by atoms with Crippen LogP contribution in [-0.4, -0.2) is 69.4 Å². The Morgan fingerprint density at radius 1 is 0.562 bits per heavy atom. The van der Waals surface area contributed by atoms with E-state index in [2.05, 4.69) is 68.6 Å². The number of hydrogen-bond donors (Lipinski definition) is 1. The number of ether oxygens (including phenoxy) is 1. The highest BCUT2D eigenvalue weighted by molar-refractivity contribution is 7.45. The van der Waals surface area contributed by atoms with Crippen LogP contribution in [0, 0.1) is 0 Å². The molecule has 0 aliphatic heterocycles. The van der Waals surface area contributed by atoms with E-state index in [9.17, 15) is 19.0 Å². The van der Waals surface area contributed by atoms with Gasteiger partial charge in [0.05, 0.1) is 33.8 Å². The number of rotatable bonds is 46. The molecular formula is C54H99N2O7P. The molecule has 1 amide bonds. The van der Waals surface area contributed by atoms with Crippen LogP contribution in [0.4, 0.5) is 0 Å². The molecule has 372 valence electrons. The van der Waals surface area contributed by atoms with Gasteiger partial charge in [-0.05, 0) is 76.7 Å². The van der Waals surface area contributed by atoms with Crippen molar-refractivity contribution in [3.05, 3.63) is 60.8 Å². The first-order chi connectivity index (χ1) is 30.9. The quantitative estimate of drug-likeness (QED) is 0.0161. The minimum atomic E-state index is -4.70. The Balaban J connectivity index is 5.47. The standard InChI is InChI=1S/C54H99N2O7P/c1-7-10-13-16-19-22-25-27-29-31-34-37-40-43-46-53(57)55-51(50-62-64(59,60)61-49-48-56(4,5)6)52(45-42-39-36-33-30-24-21-18-15-12-9-3)63-54(58)47-44-41-38-35-32-28-26-23-20-17-14-11-8-2/h11,14,17,20,23,26,29,31,42,45,51-52H,7-10,12-13,15-16,18-19,21-22,24-25,27-28,30,32-41,43-44,46-50H2,1-6H3,(H-,55,57,59,60)/b14-11+,20-17+,26-23-,31-29-,45-42+. The van der Waals surface area contributed by atoms with Gasteiger partial charge in [0.2, 0.25) is 5.91 Å². The van der Waals surface area contributed by atoms with Crippen molar-refractivity contribution in [3.63, 3.8) is 0 Å². The van der Waals surface area contributed by atoms with Crippen molar-refractivity contribution >= 4 is 19.7 Å². The third kappa shape index (κ3) is 44.9. The van der Waals surface area contributed by atoms with Gasteiger partial charge in [0.25, 0.3) is 7.82 Å². The topological polar surface area (TPSA) is 114 Å². The molecular weight excluding hydrogens is 820 g/mol. The largest absolute Gasteiger partial charge is 0.756 e. The number of carbonyl (C=O) groups excluding carboxylic acids is 2. The number of phosphoric acid groups is 1. The van der Waals surface area contributed by atoms with Crippen LogP contribution in [0.5, 0.6) is 0 Å². The highest BCUT2D eigenvalue weighted by atomic mass is 31.2. The molecule has 1 N–H and O–H groups in total. The Morgan fingerprint density at radius 3 is 1.55 bits per heavy atom. The van der Waals surface area contributed by atoms with Crippen LogP contribution in [0.1, 0.15) is 220 Å². The van der Waals surface area contributed by atoms with Crippen molar-refractivity contribution in [3.8, 4) is 0 Å². The van der Waals surface area contributed by atoms with E-state index in [1.165, 1.54) is 89.9 Å². The molecule has 64 heavy (non-hydrogen) atoms. The van der Waals surface area contributed by atoms with Gasteiger partial charge in [0, 0.05) is 12.8 Å². The molecule has 0 heterocycles. The fraction of sp³-hybridized carbons (Fsp3) is 0.778. The normalized spacial score (nSPS) is 14.4. The lowest BCUT2D eigenvalue weighted by atomic mass is 10.1. The zero-order valence-corrected chi connectivity index (χ0v) is 43.1. The minimum absolute atomic E-state index is 0.0301. The third-order valence-electron chi connectivity index (χ3n) is 11.2. The second-order valence-corrected chi connectivity index (χ2v) is 20.1. The molecule has 0 rings (SSSR count). The monoisotopic (exact) mass is 919 g/mol. The van der Waals surface area contributed by atoms with Gasteiger partial charge in [-0.3, -0.25) is 14.2 Å². The minimum Gasteiger partial charge on any atom is -0.756 e. The number of nitrogens with zero attached hydrogens (tertiary/aromatic N) is 1. The second kappa shape index (κ2) is 44.5. The van der Waals surface area contributed by atoms with E-state index in [-0.39, 0.29) is 24.9 Å². The summed E-state index contributed by atoms with van der Waals surface area (Å²) in [5.41, 5.74) is 0. The molecule has 0 aliphatic carbocycles. The molecule has 3 atom stereocenters. The van der Waals surface area contributed by atoms with Gasteiger partial charge in [0.1, 0.15) is 19.3 Å². The molecule has 0 aromatic carbocycles. The Hall–Kier alpha value is -2.29. The average molecular weight is 919 g/mol. The Kier molecular flexibility index (Phi) is 42.9. The fourth-order valence-electron chi connectivity index (χ4n) is 7.16. The van der Waals surface area contributed by atoms with Crippen molar-refractivity contribution < 1.29 is 37.3 Å². The molecule has 3 unspecified atom stereocenters. The van der Waals surface area contributed by atoms with Crippen molar-refractivity contribution in [1.82, 2.24) is 5.32 Å². The summed E-state index contributed by atoms with van der Waals surface area (Å²) in [5.74, 6) is -0.587. The first-order valence-electron chi connectivity index (χ1n) is 26.1. The number of amides is 1. The Labute approximate surface area is 394 Å². The molecule has 0 aromatic rings. The van der Waals surface area contributed by atoms with Gasteiger partial charge < -0.3 is 28.5 Å². The lowest BCUT2D eigenvalue weighted by Crippen LogP contribution is -2.47. The molecule has 0 bridgehead atoms. The Morgan fingerprint density at radius 2 is 1.02 bits per heavy atom. The van der Waals surface area contributed by atoms with Gasteiger partial charge in [-0.1, -0.05) is 191 Å². The number of likely N-dealkylation sites (N-methyl/N-ethyl adjacent to an activating group) is 1. The molecule has 0 aromatic heterocycles. The van der Waals surface area contributed by atoms with Crippen LogP contribution >= 0.6 is 7.82 Å². The summed E-state index contributed by atoms with van der Waals surface area (Å²) in [7, 11) is 1.16. The van der Waals surface area contributed by atoms with Crippen molar-refractivity contribution in [2.45, 2.75) is 232 Å². The van der Waals surface area contributed by atoms with Crippen molar-refractivity contribution in [2.24, 2.45) is 0 Å². The lowest BCUT2D eigenvalue weighted by Gasteiger charge is -2.30.